The van der Waals surface area contributed by atoms with Crippen LogP contribution < -0.4 is 0 Å². The fraction of sp³-hybridized carbons (Fsp3) is 0.167. The fourth-order valence-electron chi connectivity index (χ4n) is 2.30. The van der Waals surface area contributed by atoms with E-state index in [0.29, 0.717) is 18.8 Å². The van der Waals surface area contributed by atoms with Crippen molar-refractivity contribution < 1.29 is 9.21 Å². The largest absolute Gasteiger partial charge is 0.465 e. The summed E-state index contributed by atoms with van der Waals surface area (Å²) in [5, 5.41) is 2.03. The van der Waals surface area contributed by atoms with E-state index in [1.165, 1.54) is 4.88 Å². The predicted molar refractivity (Wildman–Crippen MR) is 91.7 cm³/mol. The van der Waals surface area contributed by atoms with Gasteiger partial charge in [0, 0.05) is 29.9 Å². The van der Waals surface area contributed by atoms with Crippen molar-refractivity contribution in [1.29, 1.82) is 0 Å². The van der Waals surface area contributed by atoms with Crippen molar-refractivity contribution in [3.63, 3.8) is 0 Å². The third-order valence-electron chi connectivity index (χ3n) is 3.58. The third-order valence-corrected chi connectivity index (χ3v) is 4.44. The van der Waals surface area contributed by atoms with Gasteiger partial charge >= 0.3 is 0 Å². The Kier molecular flexibility index (Phi) is 4.78. The van der Waals surface area contributed by atoms with E-state index in [4.69, 9.17) is 4.42 Å². The highest BCUT2D eigenvalue weighted by Crippen LogP contribution is 2.15. The molecule has 0 aliphatic carbocycles. The van der Waals surface area contributed by atoms with Gasteiger partial charge in [0.2, 0.25) is 5.91 Å². The number of carbonyl (C=O) groups excluding carboxylic acids is 1. The molecule has 0 aromatic carbocycles. The first-order valence-electron chi connectivity index (χ1n) is 7.35. The van der Waals surface area contributed by atoms with Gasteiger partial charge in [0.05, 0.1) is 19.4 Å². The molecular weight excluding hydrogens is 308 g/mol. The fourth-order valence-corrected chi connectivity index (χ4v) is 3.02. The van der Waals surface area contributed by atoms with Crippen molar-refractivity contribution >= 4 is 23.3 Å². The molecule has 3 aromatic heterocycles. The smallest absolute Gasteiger partial charge is 0.247 e. The highest BCUT2D eigenvalue weighted by atomic mass is 32.1. The lowest BCUT2D eigenvalue weighted by Gasteiger charge is -2.21. The Morgan fingerprint density at radius 2 is 2.17 bits per heavy atom. The molecule has 118 valence electrons. The molecule has 4 nitrogen and oxygen atoms in total. The molecule has 3 rings (SSSR count). The van der Waals surface area contributed by atoms with Crippen LogP contribution in [0.2, 0.25) is 0 Å². The molecule has 0 aliphatic rings. The van der Waals surface area contributed by atoms with Crippen LogP contribution in [0.3, 0.4) is 0 Å². The van der Waals surface area contributed by atoms with Crippen molar-refractivity contribution in [2.24, 2.45) is 7.05 Å². The summed E-state index contributed by atoms with van der Waals surface area (Å²) >= 11 is 1.66. The zero-order valence-corrected chi connectivity index (χ0v) is 13.7. The summed E-state index contributed by atoms with van der Waals surface area (Å²) in [7, 11) is 1.99. The average Bonchev–Trinajstić information content (AvgIpc) is 3.28. The first-order valence-corrected chi connectivity index (χ1v) is 8.23. The quantitative estimate of drug-likeness (QED) is 0.644. The molecule has 3 aromatic rings. The molecule has 0 unspecified atom stereocenters. The minimum atomic E-state index is -0.0315. The summed E-state index contributed by atoms with van der Waals surface area (Å²) < 4.78 is 7.27. The van der Waals surface area contributed by atoms with E-state index >= 15 is 0 Å². The number of hydrogen-bond acceptors (Lipinski definition) is 3. The Labute approximate surface area is 139 Å². The molecule has 0 saturated carbocycles. The van der Waals surface area contributed by atoms with E-state index in [1.54, 1.807) is 35.8 Å². The van der Waals surface area contributed by atoms with E-state index in [9.17, 15) is 4.79 Å². The zero-order chi connectivity index (χ0) is 16.1. The predicted octanol–water partition coefficient (Wildman–Crippen LogP) is 3.92. The van der Waals surface area contributed by atoms with Crippen LogP contribution in [0.1, 0.15) is 16.3 Å². The molecule has 0 saturated heterocycles. The number of furan rings is 1. The van der Waals surface area contributed by atoms with Crippen molar-refractivity contribution in [2.45, 2.75) is 13.1 Å². The van der Waals surface area contributed by atoms with Gasteiger partial charge in [-0.3, -0.25) is 4.79 Å². The lowest BCUT2D eigenvalue weighted by Crippen LogP contribution is -2.29. The Bertz CT molecular complexity index is 770. The minimum Gasteiger partial charge on any atom is -0.465 e. The van der Waals surface area contributed by atoms with Gasteiger partial charge in [-0.05, 0) is 41.8 Å². The Balaban J connectivity index is 1.76. The molecule has 0 radical (unpaired) electrons. The average molecular weight is 326 g/mol. The summed E-state index contributed by atoms with van der Waals surface area (Å²) in [5.41, 5.74) is 1.10. The maximum Gasteiger partial charge on any atom is 0.247 e. The highest BCUT2D eigenvalue weighted by molar-refractivity contribution is 7.09. The lowest BCUT2D eigenvalue weighted by atomic mass is 10.3. The second-order valence-electron chi connectivity index (χ2n) is 5.23. The summed E-state index contributed by atoms with van der Waals surface area (Å²) in [6, 6.07) is 11.7. The summed E-state index contributed by atoms with van der Waals surface area (Å²) in [4.78, 5) is 15.6. The van der Waals surface area contributed by atoms with E-state index in [-0.39, 0.29) is 5.91 Å². The Morgan fingerprint density at radius 1 is 1.26 bits per heavy atom. The van der Waals surface area contributed by atoms with Crippen molar-refractivity contribution in [2.75, 3.05) is 0 Å². The molecular formula is C18H18N2O2S. The number of amides is 1. The second-order valence-corrected chi connectivity index (χ2v) is 6.27. The van der Waals surface area contributed by atoms with Gasteiger partial charge in [-0.2, -0.15) is 0 Å². The molecule has 0 fully saturated rings. The van der Waals surface area contributed by atoms with Gasteiger partial charge in [0.25, 0.3) is 0 Å². The first-order chi connectivity index (χ1) is 11.2. The van der Waals surface area contributed by atoms with Gasteiger partial charge in [0.15, 0.2) is 0 Å². The maximum atomic E-state index is 12.6. The van der Waals surface area contributed by atoms with Gasteiger partial charge in [-0.1, -0.05) is 6.07 Å². The summed E-state index contributed by atoms with van der Waals surface area (Å²) in [5.74, 6) is 0.643. The van der Waals surface area contributed by atoms with Crippen LogP contribution in [0.15, 0.2) is 64.7 Å². The first kappa shape index (κ1) is 15.4. The van der Waals surface area contributed by atoms with E-state index in [2.05, 4.69) is 0 Å². The molecule has 0 bridgehead atoms. The summed E-state index contributed by atoms with van der Waals surface area (Å²) in [6.45, 7) is 1.17. The van der Waals surface area contributed by atoms with Crippen LogP contribution in [0.5, 0.6) is 0 Å². The molecule has 0 spiro atoms. The van der Waals surface area contributed by atoms with Crippen LogP contribution in [0.25, 0.3) is 6.08 Å². The standard InChI is InChI=1S/C18H18N2O2S/c1-19-10-2-5-15(19)13-20(14-17-7-4-12-23-17)18(21)9-8-16-6-3-11-22-16/h2-12H,13-14H2,1H3/b9-8+. The molecule has 0 aliphatic heterocycles. The highest BCUT2D eigenvalue weighted by Gasteiger charge is 2.14. The van der Waals surface area contributed by atoms with E-state index < -0.39 is 0 Å². The number of carbonyl (C=O) groups is 1. The van der Waals surface area contributed by atoms with Crippen LogP contribution in [0.4, 0.5) is 0 Å². The normalized spacial score (nSPS) is 11.2. The zero-order valence-electron chi connectivity index (χ0n) is 12.9. The summed E-state index contributed by atoms with van der Waals surface area (Å²) in [6.07, 6.45) is 6.85. The number of aryl methyl sites for hydroxylation is 1. The van der Waals surface area contributed by atoms with E-state index in [0.717, 1.165) is 5.69 Å². The third kappa shape index (κ3) is 4.02. The van der Waals surface area contributed by atoms with Crippen LogP contribution in [-0.2, 0) is 24.9 Å². The number of hydrogen-bond donors (Lipinski definition) is 0. The molecule has 23 heavy (non-hydrogen) atoms. The Morgan fingerprint density at radius 3 is 2.83 bits per heavy atom. The SMILES string of the molecule is Cn1cccc1CN(Cc1cccs1)C(=O)/C=C/c1ccco1. The van der Waals surface area contributed by atoms with Gasteiger partial charge in [0.1, 0.15) is 5.76 Å². The monoisotopic (exact) mass is 326 g/mol. The van der Waals surface area contributed by atoms with Crippen LogP contribution in [0, 0.1) is 0 Å². The second kappa shape index (κ2) is 7.15. The van der Waals surface area contributed by atoms with Crippen molar-refractivity contribution in [3.05, 3.63) is 76.6 Å². The molecule has 5 heteroatoms. The van der Waals surface area contributed by atoms with Gasteiger partial charge in [-0.15, -0.1) is 11.3 Å². The molecule has 1 amide bonds. The van der Waals surface area contributed by atoms with Gasteiger partial charge in [-0.25, -0.2) is 0 Å². The van der Waals surface area contributed by atoms with E-state index in [1.807, 2.05) is 58.4 Å². The van der Waals surface area contributed by atoms with Crippen LogP contribution in [-0.4, -0.2) is 15.4 Å². The van der Waals surface area contributed by atoms with Gasteiger partial charge < -0.3 is 13.9 Å². The number of aromatic nitrogens is 1. The molecule has 0 N–H and O–H groups in total. The number of rotatable bonds is 6. The van der Waals surface area contributed by atoms with Crippen molar-refractivity contribution in [1.82, 2.24) is 9.47 Å². The molecule has 0 atom stereocenters. The Hall–Kier alpha value is -2.53. The van der Waals surface area contributed by atoms with Crippen LogP contribution >= 0.6 is 11.3 Å². The maximum absolute atomic E-state index is 12.6. The molecule has 3 heterocycles. The van der Waals surface area contributed by atoms with Crippen molar-refractivity contribution in [3.8, 4) is 0 Å². The number of thiophene rings is 1. The number of nitrogens with zero attached hydrogens (tertiary/aromatic N) is 2. The lowest BCUT2D eigenvalue weighted by molar-refractivity contribution is -0.127. The minimum absolute atomic E-state index is 0.0315. The topological polar surface area (TPSA) is 38.4 Å².